The van der Waals surface area contributed by atoms with Gasteiger partial charge in [-0.25, -0.2) is 0 Å². The highest BCUT2D eigenvalue weighted by atomic mass is 79.9. The topological polar surface area (TPSA) is 64.3 Å². The van der Waals surface area contributed by atoms with E-state index in [1.54, 1.807) is 42.5 Å². The minimum absolute atomic E-state index is 0.130. The summed E-state index contributed by atoms with van der Waals surface area (Å²) < 4.78 is 6.12. The number of carbonyl (C=O) groups is 1. The zero-order chi connectivity index (χ0) is 14.5. The molecule has 0 radical (unpaired) electrons. The Morgan fingerprint density at radius 1 is 1.25 bits per heavy atom. The van der Waals surface area contributed by atoms with Gasteiger partial charge in [0.2, 0.25) is 0 Å². The first kappa shape index (κ1) is 14.7. The van der Waals surface area contributed by atoms with Crippen LogP contribution >= 0.6 is 27.5 Å². The molecule has 0 saturated heterocycles. The van der Waals surface area contributed by atoms with Gasteiger partial charge in [-0.05, 0) is 52.3 Å². The minimum Gasteiger partial charge on any atom is -0.480 e. The molecule has 0 aromatic heterocycles. The van der Waals surface area contributed by atoms with Crippen LogP contribution in [0.1, 0.15) is 0 Å². The molecule has 0 heterocycles. The number of ether oxygens (including phenoxy) is 1. The van der Waals surface area contributed by atoms with Crippen molar-refractivity contribution in [2.45, 2.75) is 0 Å². The van der Waals surface area contributed by atoms with Gasteiger partial charge in [0.05, 0.1) is 10.2 Å². The molecule has 3 N–H and O–H groups in total. The van der Waals surface area contributed by atoms with Gasteiger partial charge < -0.3 is 15.8 Å². The molecule has 0 aliphatic rings. The van der Waals surface area contributed by atoms with E-state index in [1.807, 2.05) is 0 Å². The number of nitrogens with two attached hydrogens (primary N) is 1. The van der Waals surface area contributed by atoms with Gasteiger partial charge in [-0.3, -0.25) is 4.79 Å². The standard InChI is InChI=1S/C14H12BrClN2O2/c15-11-2-1-3-12(17)14(11)20-8-13(19)18-10-6-4-9(16)5-7-10/h1-7H,8,17H2,(H,18,19). The van der Waals surface area contributed by atoms with Gasteiger partial charge in [-0.1, -0.05) is 17.7 Å². The van der Waals surface area contributed by atoms with Gasteiger partial charge >= 0.3 is 0 Å². The van der Waals surface area contributed by atoms with Crippen molar-refractivity contribution in [3.05, 3.63) is 52.0 Å². The van der Waals surface area contributed by atoms with E-state index in [1.165, 1.54) is 0 Å². The van der Waals surface area contributed by atoms with Gasteiger partial charge in [0.15, 0.2) is 12.4 Å². The Morgan fingerprint density at radius 2 is 1.95 bits per heavy atom. The molecule has 2 aromatic carbocycles. The van der Waals surface area contributed by atoms with E-state index in [0.717, 1.165) is 0 Å². The van der Waals surface area contributed by atoms with Crippen LogP contribution in [0.15, 0.2) is 46.9 Å². The number of rotatable bonds is 4. The van der Waals surface area contributed by atoms with E-state index in [-0.39, 0.29) is 12.5 Å². The average Bonchev–Trinajstić information content (AvgIpc) is 2.41. The molecule has 20 heavy (non-hydrogen) atoms. The molecular weight excluding hydrogens is 344 g/mol. The Labute approximate surface area is 130 Å². The second-order valence-electron chi connectivity index (χ2n) is 4.00. The van der Waals surface area contributed by atoms with Crippen LogP contribution in [0, 0.1) is 0 Å². The van der Waals surface area contributed by atoms with Gasteiger partial charge in [0, 0.05) is 10.7 Å². The van der Waals surface area contributed by atoms with Crippen LogP contribution in [0.4, 0.5) is 11.4 Å². The molecule has 2 rings (SSSR count). The van der Waals surface area contributed by atoms with Gasteiger partial charge in [-0.2, -0.15) is 0 Å². The molecule has 104 valence electrons. The number of nitrogens with one attached hydrogen (secondary N) is 1. The summed E-state index contributed by atoms with van der Waals surface area (Å²) in [5.41, 5.74) is 6.90. The molecule has 0 aliphatic carbocycles. The summed E-state index contributed by atoms with van der Waals surface area (Å²) >= 11 is 9.09. The number of hydrogen-bond donors (Lipinski definition) is 2. The van der Waals surface area contributed by atoms with E-state index in [2.05, 4.69) is 21.2 Å². The van der Waals surface area contributed by atoms with Gasteiger partial charge in [-0.15, -0.1) is 0 Å². The van der Waals surface area contributed by atoms with Crippen molar-refractivity contribution in [3.8, 4) is 5.75 Å². The maximum absolute atomic E-state index is 11.8. The number of hydrogen-bond acceptors (Lipinski definition) is 3. The highest BCUT2D eigenvalue weighted by Gasteiger charge is 2.08. The smallest absolute Gasteiger partial charge is 0.262 e. The lowest BCUT2D eigenvalue weighted by Gasteiger charge is -2.11. The van der Waals surface area contributed by atoms with Crippen molar-refractivity contribution < 1.29 is 9.53 Å². The number of anilines is 2. The third kappa shape index (κ3) is 3.88. The second kappa shape index (κ2) is 6.63. The number of benzene rings is 2. The number of halogens is 2. The van der Waals surface area contributed by atoms with E-state index >= 15 is 0 Å². The van der Waals surface area contributed by atoms with E-state index in [9.17, 15) is 4.79 Å². The van der Waals surface area contributed by atoms with Crippen molar-refractivity contribution in [2.75, 3.05) is 17.7 Å². The predicted molar refractivity (Wildman–Crippen MR) is 84.1 cm³/mol. The number of nitrogen functional groups attached to an aromatic ring is 1. The molecule has 0 atom stereocenters. The molecule has 0 fully saturated rings. The maximum Gasteiger partial charge on any atom is 0.262 e. The first-order valence-electron chi connectivity index (χ1n) is 5.78. The third-order valence-electron chi connectivity index (χ3n) is 2.47. The molecule has 2 aromatic rings. The minimum atomic E-state index is -0.275. The van der Waals surface area contributed by atoms with Crippen molar-refractivity contribution >= 4 is 44.8 Å². The lowest BCUT2D eigenvalue weighted by atomic mass is 10.3. The number of carbonyl (C=O) groups excluding carboxylic acids is 1. The summed E-state index contributed by atoms with van der Waals surface area (Å²) in [6, 6.07) is 12.1. The number of amides is 1. The summed E-state index contributed by atoms with van der Waals surface area (Å²) in [6.45, 7) is -0.130. The summed E-state index contributed by atoms with van der Waals surface area (Å²) in [6.07, 6.45) is 0. The zero-order valence-corrected chi connectivity index (χ0v) is 12.7. The van der Waals surface area contributed by atoms with Crippen LogP contribution in [-0.2, 0) is 4.79 Å². The summed E-state index contributed by atoms with van der Waals surface area (Å²) in [4.78, 5) is 11.8. The molecule has 0 spiro atoms. The van der Waals surface area contributed by atoms with Crippen molar-refractivity contribution in [1.82, 2.24) is 0 Å². The van der Waals surface area contributed by atoms with Crippen LogP contribution in [0.25, 0.3) is 0 Å². The maximum atomic E-state index is 11.8. The number of para-hydroxylation sites is 1. The highest BCUT2D eigenvalue weighted by molar-refractivity contribution is 9.10. The van der Waals surface area contributed by atoms with Crippen LogP contribution in [0.3, 0.4) is 0 Å². The van der Waals surface area contributed by atoms with Crippen LogP contribution in [-0.4, -0.2) is 12.5 Å². The first-order valence-corrected chi connectivity index (χ1v) is 6.95. The molecular formula is C14H12BrClN2O2. The molecule has 0 bridgehead atoms. The quantitative estimate of drug-likeness (QED) is 0.822. The van der Waals surface area contributed by atoms with Crippen LogP contribution in [0.2, 0.25) is 5.02 Å². The summed E-state index contributed by atoms with van der Waals surface area (Å²) in [7, 11) is 0. The van der Waals surface area contributed by atoms with Crippen molar-refractivity contribution in [2.24, 2.45) is 0 Å². The van der Waals surface area contributed by atoms with Crippen molar-refractivity contribution in [1.29, 1.82) is 0 Å². The van der Waals surface area contributed by atoms with Gasteiger partial charge in [0.1, 0.15) is 0 Å². The Kier molecular flexibility index (Phi) is 4.87. The Morgan fingerprint density at radius 3 is 2.60 bits per heavy atom. The molecule has 0 saturated carbocycles. The van der Waals surface area contributed by atoms with Crippen LogP contribution < -0.4 is 15.8 Å². The van der Waals surface area contributed by atoms with Gasteiger partial charge in [0.25, 0.3) is 5.91 Å². The molecule has 4 nitrogen and oxygen atoms in total. The molecule has 1 amide bonds. The summed E-state index contributed by atoms with van der Waals surface area (Å²) in [5.74, 6) is 0.182. The zero-order valence-electron chi connectivity index (χ0n) is 10.4. The lowest BCUT2D eigenvalue weighted by Crippen LogP contribution is -2.20. The fourth-order valence-electron chi connectivity index (χ4n) is 1.55. The largest absolute Gasteiger partial charge is 0.480 e. The third-order valence-corrected chi connectivity index (χ3v) is 3.35. The fourth-order valence-corrected chi connectivity index (χ4v) is 2.17. The Balaban J connectivity index is 1.94. The fraction of sp³-hybridized carbons (Fsp3) is 0.0714. The highest BCUT2D eigenvalue weighted by Crippen LogP contribution is 2.30. The molecule has 0 unspecified atom stereocenters. The van der Waals surface area contributed by atoms with E-state index < -0.39 is 0 Å². The van der Waals surface area contributed by atoms with Crippen molar-refractivity contribution in [3.63, 3.8) is 0 Å². The van der Waals surface area contributed by atoms with E-state index in [4.69, 9.17) is 22.1 Å². The van der Waals surface area contributed by atoms with E-state index in [0.29, 0.717) is 26.6 Å². The normalized spacial score (nSPS) is 10.1. The first-order chi connectivity index (χ1) is 9.56. The second-order valence-corrected chi connectivity index (χ2v) is 5.29. The Hall–Kier alpha value is -1.72. The molecule has 6 heteroatoms. The Bertz CT molecular complexity index is 597. The SMILES string of the molecule is Nc1cccc(Br)c1OCC(=O)Nc1ccc(Cl)cc1. The monoisotopic (exact) mass is 354 g/mol. The lowest BCUT2D eigenvalue weighted by molar-refractivity contribution is -0.118. The summed E-state index contributed by atoms with van der Waals surface area (Å²) in [5, 5.41) is 3.31. The van der Waals surface area contributed by atoms with Crippen LogP contribution in [0.5, 0.6) is 5.75 Å². The molecule has 0 aliphatic heterocycles. The average molecular weight is 356 g/mol. The predicted octanol–water partition coefficient (Wildman–Crippen LogP) is 3.70.